The molecule has 4 nitrogen and oxygen atoms in total. The van der Waals surface area contributed by atoms with E-state index in [0.717, 1.165) is 19.3 Å². The summed E-state index contributed by atoms with van der Waals surface area (Å²) >= 11 is 0. The molecule has 1 N–H and O–H groups in total. The number of nitrogens with zero attached hydrogens (tertiary/aromatic N) is 1. The Morgan fingerprint density at radius 1 is 1.53 bits per heavy atom. The van der Waals surface area contributed by atoms with Crippen molar-refractivity contribution in [2.75, 3.05) is 6.54 Å². The summed E-state index contributed by atoms with van der Waals surface area (Å²) < 4.78 is 0. The number of carbonyl (C=O) groups excluding carboxylic acids is 2. The van der Waals surface area contributed by atoms with Gasteiger partial charge in [-0.1, -0.05) is 19.8 Å². The summed E-state index contributed by atoms with van der Waals surface area (Å²) in [4.78, 5) is 25.2. The summed E-state index contributed by atoms with van der Waals surface area (Å²) in [5.41, 5.74) is -0.524. The highest BCUT2D eigenvalue weighted by atomic mass is 16.2. The lowest BCUT2D eigenvalue weighted by atomic mass is 9.75. The van der Waals surface area contributed by atoms with Crippen LogP contribution in [0.25, 0.3) is 0 Å². The fourth-order valence-electron chi connectivity index (χ4n) is 3.02. The van der Waals surface area contributed by atoms with Crippen molar-refractivity contribution in [1.82, 2.24) is 10.2 Å². The van der Waals surface area contributed by atoms with Crippen LogP contribution in [0.3, 0.4) is 0 Å². The SMILES string of the molecule is CCN1C(=O)NC(=O)C12CCCC(C)C2. The Bertz CT molecular complexity index is 303. The van der Waals surface area contributed by atoms with Crippen molar-refractivity contribution < 1.29 is 9.59 Å². The second-order valence-corrected chi connectivity index (χ2v) is 4.74. The molecular weight excluding hydrogens is 192 g/mol. The average Bonchev–Trinajstić information content (AvgIpc) is 2.38. The quantitative estimate of drug-likeness (QED) is 0.667. The predicted octanol–water partition coefficient (Wildman–Crippen LogP) is 1.51. The Balaban J connectivity index is 2.30. The molecule has 1 aliphatic heterocycles. The van der Waals surface area contributed by atoms with Crippen molar-refractivity contribution in [3.63, 3.8) is 0 Å². The van der Waals surface area contributed by atoms with Crippen molar-refractivity contribution >= 4 is 11.9 Å². The van der Waals surface area contributed by atoms with Gasteiger partial charge in [0.1, 0.15) is 5.54 Å². The normalized spacial score (nSPS) is 36.1. The molecule has 84 valence electrons. The number of hydrogen-bond donors (Lipinski definition) is 1. The molecule has 2 atom stereocenters. The molecule has 1 aliphatic carbocycles. The molecule has 0 aromatic rings. The lowest BCUT2D eigenvalue weighted by Crippen LogP contribution is -2.52. The standard InChI is InChI=1S/C11H18N2O2/c1-3-13-10(15)12-9(14)11(13)6-4-5-8(2)7-11/h8H,3-7H2,1-2H3,(H,12,14,15). The zero-order valence-electron chi connectivity index (χ0n) is 9.38. The van der Waals surface area contributed by atoms with Gasteiger partial charge < -0.3 is 4.90 Å². The number of nitrogens with one attached hydrogen (secondary N) is 1. The predicted molar refractivity (Wildman–Crippen MR) is 56.3 cm³/mol. The number of rotatable bonds is 1. The second kappa shape index (κ2) is 3.51. The Labute approximate surface area is 90.0 Å². The van der Waals surface area contributed by atoms with Gasteiger partial charge in [0, 0.05) is 6.54 Å². The fourth-order valence-corrected chi connectivity index (χ4v) is 3.02. The van der Waals surface area contributed by atoms with Gasteiger partial charge in [0.05, 0.1) is 0 Å². The van der Waals surface area contributed by atoms with Crippen LogP contribution in [0.4, 0.5) is 4.79 Å². The van der Waals surface area contributed by atoms with Gasteiger partial charge in [0.2, 0.25) is 0 Å². The largest absolute Gasteiger partial charge is 0.325 e. The van der Waals surface area contributed by atoms with E-state index in [1.165, 1.54) is 6.42 Å². The van der Waals surface area contributed by atoms with E-state index in [2.05, 4.69) is 12.2 Å². The summed E-state index contributed by atoms with van der Waals surface area (Å²) in [5.74, 6) is 0.449. The van der Waals surface area contributed by atoms with E-state index in [0.29, 0.717) is 12.5 Å². The highest BCUT2D eigenvalue weighted by molar-refractivity contribution is 6.07. The van der Waals surface area contributed by atoms with Crippen molar-refractivity contribution in [1.29, 1.82) is 0 Å². The fraction of sp³-hybridized carbons (Fsp3) is 0.818. The third kappa shape index (κ3) is 1.43. The maximum Gasteiger partial charge on any atom is 0.325 e. The molecule has 1 spiro atoms. The molecule has 2 aliphatic rings. The minimum atomic E-state index is -0.524. The zero-order valence-corrected chi connectivity index (χ0v) is 9.38. The molecule has 1 saturated carbocycles. The smallest absolute Gasteiger partial charge is 0.310 e. The van der Waals surface area contributed by atoms with Crippen LogP contribution >= 0.6 is 0 Å². The lowest BCUT2D eigenvalue weighted by molar-refractivity contribution is -0.129. The Hall–Kier alpha value is -1.06. The molecule has 2 fully saturated rings. The first kappa shape index (κ1) is 10.5. The van der Waals surface area contributed by atoms with Gasteiger partial charge in [0.15, 0.2) is 0 Å². The number of likely N-dealkylation sites (N-methyl/N-ethyl adjacent to an activating group) is 1. The lowest BCUT2D eigenvalue weighted by Gasteiger charge is -2.40. The molecule has 0 radical (unpaired) electrons. The van der Waals surface area contributed by atoms with E-state index in [9.17, 15) is 9.59 Å². The Kier molecular flexibility index (Phi) is 2.44. The summed E-state index contributed by atoms with van der Waals surface area (Å²) in [6.45, 7) is 4.70. The van der Waals surface area contributed by atoms with Crippen LogP contribution in [-0.2, 0) is 4.79 Å². The summed E-state index contributed by atoms with van der Waals surface area (Å²) in [6.07, 6.45) is 3.85. The molecule has 1 saturated heterocycles. The van der Waals surface area contributed by atoms with Gasteiger partial charge in [-0.05, 0) is 25.7 Å². The summed E-state index contributed by atoms with van der Waals surface area (Å²) in [7, 11) is 0. The van der Waals surface area contributed by atoms with Crippen LogP contribution < -0.4 is 5.32 Å². The summed E-state index contributed by atoms with van der Waals surface area (Å²) in [6, 6.07) is -0.211. The molecular formula is C11H18N2O2. The number of carbonyl (C=O) groups is 2. The topological polar surface area (TPSA) is 49.4 Å². The van der Waals surface area contributed by atoms with E-state index in [1.807, 2.05) is 6.92 Å². The number of urea groups is 1. The molecule has 0 bridgehead atoms. The van der Waals surface area contributed by atoms with E-state index in [-0.39, 0.29) is 11.9 Å². The first-order valence-electron chi connectivity index (χ1n) is 5.73. The number of imide groups is 1. The third-order valence-corrected chi connectivity index (χ3v) is 3.69. The maximum absolute atomic E-state index is 11.9. The van der Waals surface area contributed by atoms with Crippen LogP contribution in [-0.4, -0.2) is 28.9 Å². The van der Waals surface area contributed by atoms with Gasteiger partial charge in [-0.15, -0.1) is 0 Å². The first-order valence-corrected chi connectivity index (χ1v) is 5.73. The van der Waals surface area contributed by atoms with Crippen molar-refractivity contribution in [3.8, 4) is 0 Å². The number of amides is 3. The van der Waals surface area contributed by atoms with E-state index in [1.54, 1.807) is 4.90 Å². The summed E-state index contributed by atoms with van der Waals surface area (Å²) in [5, 5.41) is 2.45. The monoisotopic (exact) mass is 210 g/mol. The molecule has 1 heterocycles. The molecule has 0 aromatic heterocycles. The average molecular weight is 210 g/mol. The van der Waals surface area contributed by atoms with Crippen LogP contribution in [0.2, 0.25) is 0 Å². The minimum absolute atomic E-state index is 0.0825. The van der Waals surface area contributed by atoms with Gasteiger partial charge >= 0.3 is 6.03 Å². The zero-order chi connectivity index (χ0) is 11.1. The van der Waals surface area contributed by atoms with Crippen LogP contribution in [0.5, 0.6) is 0 Å². The van der Waals surface area contributed by atoms with Crippen molar-refractivity contribution in [3.05, 3.63) is 0 Å². The maximum atomic E-state index is 11.9. The highest BCUT2D eigenvalue weighted by Crippen LogP contribution is 2.39. The van der Waals surface area contributed by atoms with Crippen molar-refractivity contribution in [2.24, 2.45) is 5.92 Å². The van der Waals surface area contributed by atoms with Crippen molar-refractivity contribution in [2.45, 2.75) is 45.1 Å². The molecule has 3 amide bonds. The molecule has 4 heteroatoms. The molecule has 15 heavy (non-hydrogen) atoms. The Morgan fingerprint density at radius 3 is 2.87 bits per heavy atom. The second-order valence-electron chi connectivity index (χ2n) is 4.74. The number of hydrogen-bond acceptors (Lipinski definition) is 2. The van der Waals surface area contributed by atoms with E-state index >= 15 is 0 Å². The minimum Gasteiger partial charge on any atom is -0.310 e. The molecule has 0 aromatic carbocycles. The molecule has 2 rings (SSSR count). The van der Waals surface area contributed by atoms with Crippen LogP contribution in [0, 0.1) is 5.92 Å². The molecule has 2 unspecified atom stereocenters. The third-order valence-electron chi connectivity index (χ3n) is 3.69. The van der Waals surface area contributed by atoms with Crippen LogP contribution in [0.1, 0.15) is 39.5 Å². The van der Waals surface area contributed by atoms with Gasteiger partial charge in [0.25, 0.3) is 5.91 Å². The highest BCUT2D eigenvalue weighted by Gasteiger charge is 2.53. The van der Waals surface area contributed by atoms with Gasteiger partial charge in [-0.3, -0.25) is 10.1 Å². The first-order chi connectivity index (χ1) is 7.10. The van der Waals surface area contributed by atoms with Gasteiger partial charge in [-0.25, -0.2) is 4.79 Å². The van der Waals surface area contributed by atoms with E-state index < -0.39 is 5.54 Å². The van der Waals surface area contributed by atoms with Crippen LogP contribution in [0.15, 0.2) is 0 Å². The van der Waals surface area contributed by atoms with E-state index in [4.69, 9.17) is 0 Å². The Morgan fingerprint density at radius 2 is 2.27 bits per heavy atom. The van der Waals surface area contributed by atoms with Gasteiger partial charge in [-0.2, -0.15) is 0 Å².